The van der Waals surface area contributed by atoms with Crippen molar-refractivity contribution in [2.24, 2.45) is 0 Å². The van der Waals surface area contributed by atoms with Gasteiger partial charge in [0.05, 0.1) is 12.2 Å². The van der Waals surface area contributed by atoms with Crippen molar-refractivity contribution in [3.63, 3.8) is 0 Å². The van der Waals surface area contributed by atoms with Crippen LogP contribution in [-0.4, -0.2) is 35.4 Å². The summed E-state index contributed by atoms with van der Waals surface area (Å²) in [7, 11) is 0. The minimum atomic E-state index is -0.730. The molecule has 1 aliphatic carbocycles. The van der Waals surface area contributed by atoms with Crippen LogP contribution in [0.1, 0.15) is 52.9 Å². The Balaban J connectivity index is 2.22. The average molecular weight is 243 g/mol. The summed E-state index contributed by atoms with van der Waals surface area (Å²) in [5.41, 5.74) is 0. The zero-order chi connectivity index (χ0) is 12.8. The molecule has 0 heterocycles. The lowest BCUT2D eigenvalue weighted by atomic mass is 9.88. The fourth-order valence-corrected chi connectivity index (χ4v) is 2.17. The molecule has 1 aliphatic rings. The van der Waals surface area contributed by atoms with Gasteiger partial charge in [0.1, 0.15) is 6.04 Å². The Morgan fingerprint density at radius 3 is 2.59 bits per heavy atom. The van der Waals surface area contributed by atoms with Gasteiger partial charge >= 0.3 is 5.97 Å². The van der Waals surface area contributed by atoms with Gasteiger partial charge < -0.3 is 15.2 Å². The second kappa shape index (κ2) is 6.97. The van der Waals surface area contributed by atoms with Gasteiger partial charge in [-0.15, -0.1) is 0 Å². The molecule has 1 unspecified atom stereocenters. The Bertz CT molecular complexity index is 237. The first kappa shape index (κ1) is 14.5. The van der Waals surface area contributed by atoms with Crippen molar-refractivity contribution in [2.75, 3.05) is 0 Å². The minimum absolute atomic E-state index is 0.260. The highest BCUT2D eigenvalue weighted by molar-refractivity contribution is 5.73. The summed E-state index contributed by atoms with van der Waals surface area (Å²) in [6.07, 6.45) is 5.17. The summed E-state index contributed by atoms with van der Waals surface area (Å²) >= 11 is 0. The first-order chi connectivity index (χ1) is 8.02. The molecule has 0 saturated heterocycles. The Hall–Kier alpha value is -0.610. The summed E-state index contributed by atoms with van der Waals surface area (Å²) in [6.45, 7) is 6.14. The van der Waals surface area contributed by atoms with Crippen molar-refractivity contribution in [1.29, 1.82) is 0 Å². The van der Waals surface area contributed by atoms with E-state index in [9.17, 15) is 4.79 Å². The van der Waals surface area contributed by atoms with E-state index in [0.29, 0.717) is 12.1 Å². The van der Waals surface area contributed by atoms with E-state index in [1.165, 1.54) is 0 Å². The van der Waals surface area contributed by atoms with Crippen molar-refractivity contribution in [2.45, 2.75) is 77.2 Å². The van der Waals surface area contributed by atoms with Crippen LogP contribution in [0, 0.1) is 0 Å². The molecule has 0 radical (unpaired) electrons. The molecule has 4 heteroatoms. The largest absolute Gasteiger partial charge is 0.480 e. The summed E-state index contributed by atoms with van der Waals surface area (Å²) in [6, 6.07) is -0.0725. The molecule has 4 nitrogen and oxygen atoms in total. The maximum absolute atomic E-state index is 11.0. The highest BCUT2D eigenvalue weighted by atomic mass is 16.5. The van der Waals surface area contributed by atoms with Gasteiger partial charge in [0.25, 0.3) is 0 Å². The van der Waals surface area contributed by atoms with E-state index < -0.39 is 5.97 Å². The molecule has 1 fully saturated rings. The van der Waals surface area contributed by atoms with Gasteiger partial charge in [-0.2, -0.15) is 0 Å². The highest BCUT2D eigenvalue weighted by Crippen LogP contribution is 2.25. The molecule has 17 heavy (non-hydrogen) atoms. The lowest BCUT2D eigenvalue weighted by Crippen LogP contribution is -2.52. The molecule has 0 amide bonds. The third-order valence-electron chi connectivity index (χ3n) is 3.14. The van der Waals surface area contributed by atoms with E-state index >= 15 is 0 Å². The molecule has 0 aromatic heterocycles. The summed E-state index contributed by atoms with van der Waals surface area (Å²) in [4.78, 5) is 11.0. The third kappa shape index (κ3) is 5.04. The molecule has 2 N–H and O–H groups in total. The average Bonchev–Trinajstić information content (AvgIpc) is 2.18. The molecular formula is C13H25NO3. The zero-order valence-electron chi connectivity index (χ0n) is 11.1. The number of hydrogen-bond donors (Lipinski definition) is 2. The molecule has 1 saturated carbocycles. The molecule has 0 aromatic rings. The van der Waals surface area contributed by atoms with Gasteiger partial charge in [0.15, 0.2) is 0 Å². The van der Waals surface area contributed by atoms with E-state index in [-0.39, 0.29) is 12.1 Å². The highest BCUT2D eigenvalue weighted by Gasteiger charge is 2.33. The van der Waals surface area contributed by atoms with Gasteiger partial charge in [0.2, 0.25) is 0 Å². The second-order valence-corrected chi connectivity index (χ2v) is 5.17. The van der Waals surface area contributed by atoms with E-state index in [1.807, 2.05) is 13.8 Å². The van der Waals surface area contributed by atoms with E-state index in [4.69, 9.17) is 9.84 Å². The van der Waals surface area contributed by atoms with Gasteiger partial charge in [-0.25, -0.2) is 0 Å². The molecule has 0 spiro atoms. The zero-order valence-corrected chi connectivity index (χ0v) is 11.1. The number of aliphatic carboxylic acids is 1. The van der Waals surface area contributed by atoms with Crippen LogP contribution in [0.4, 0.5) is 0 Å². The van der Waals surface area contributed by atoms with Crippen LogP contribution in [-0.2, 0) is 9.53 Å². The Labute approximate surface area is 104 Å². The van der Waals surface area contributed by atoms with E-state index in [2.05, 4.69) is 12.2 Å². The maximum atomic E-state index is 11.0. The van der Waals surface area contributed by atoms with Crippen molar-refractivity contribution >= 4 is 5.97 Å². The second-order valence-electron chi connectivity index (χ2n) is 5.17. The van der Waals surface area contributed by atoms with Crippen LogP contribution in [0.2, 0.25) is 0 Å². The van der Waals surface area contributed by atoms with E-state index in [0.717, 1.165) is 32.1 Å². The van der Waals surface area contributed by atoms with Gasteiger partial charge in [-0.1, -0.05) is 19.8 Å². The predicted molar refractivity (Wildman–Crippen MR) is 67.1 cm³/mol. The third-order valence-corrected chi connectivity index (χ3v) is 3.14. The summed E-state index contributed by atoms with van der Waals surface area (Å²) in [5.74, 6) is -0.730. The molecule has 0 aliphatic heterocycles. The number of carboxylic acids is 1. The van der Waals surface area contributed by atoms with E-state index in [1.54, 1.807) is 0 Å². The molecule has 0 bridgehead atoms. The fourth-order valence-electron chi connectivity index (χ4n) is 2.17. The minimum Gasteiger partial charge on any atom is -0.480 e. The Morgan fingerprint density at radius 2 is 2.12 bits per heavy atom. The van der Waals surface area contributed by atoms with Crippen LogP contribution >= 0.6 is 0 Å². The topological polar surface area (TPSA) is 58.6 Å². The number of ether oxygens (including phenoxy) is 1. The monoisotopic (exact) mass is 243 g/mol. The molecule has 100 valence electrons. The quantitative estimate of drug-likeness (QED) is 0.686. The smallest absolute Gasteiger partial charge is 0.320 e. The van der Waals surface area contributed by atoms with Gasteiger partial charge in [0, 0.05) is 6.04 Å². The SMILES string of the molecule is CCCCC(NC1CC(OC(C)C)C1)C(=O)O. The van der Waals surface area contributed by atoms with Gasteiger partial charge in [-0.3, -0.25) is 4.79 Å². The number of nitrogens with one attached hydrogen (secondary N) is 1. The van der Waals surface area contributed by atoms with Crippen LogP contribution < -0.4 is 5.32 Å². The normalized spacial score (nSPS) is 25.6. The van der Waals surface area contributed by atoms with Gasteiger partial charge in [-0.05, 0) is 33.1 Å². The molecule has 0 aromatic carbocycles. The predicted octanol–water partition coefficient (Wildman–Crippen LogP) is 2.18. The summed E-state index contributed by atoms with van der Waals surface area (Å²) < 4.78 is 5.65. The standard InChI is InChI=1S/C13H25NO3/c1-4-5-6-12(13(15)16)14-10-7-11(8-10)17-9(2)3/h9-12,14H,4-8H2,1-3H3,(H,15,16). The Morgan fingerprint density at radius 1 is 1.47 bits per heavy atom. The van der Waals surface area contributed by atoms with Crippen molar-refractivity contribution in [1.82, 2.24) is 5.32 Å². The molecule has 1 rings (SSSR count). The first-order valence-corrected chi connectivity index (χ1v) is 6.67. The number of rotatable bonds is 8. The number of unbranched alkanes of at least 4 members (excludes halogenated alkanes) is 1. The van der Waals surface area contributed by atoms with Crippen molar-refractivity contribution < 1.29 is 14.6 Å². The van der Waals surface area contributed by atoms with Crippen LogP contribution in [0.3, 0.4) is 0 Å². The van der Waals surface area contributed by atoms with Crippen LogP contribution in [0.5, 0.6) is 0 Å². The number of carbonyl (C=O) groups is 1. The maximum Gasteiger partial charge on any atom is 0.320 e. The summed E-state index contributed by atoms with van der Waals surface area (Å²) in [5, 5.41) is 12.3. The van der Waals surface area contributed by atoms with Crippen LogP contribution in [0.15, 0.2) is 0 Å². The number of carboxylic acid groups (broad SMARTS) is 1. The van der Waals surface area contributed by atoms with Crippen LogP contribution in [0.25, 0.3) is 0 Å². The lowest BCUT2D eigenvalue weighted by molar-refractivity contribution is -0.140. The Kier molecular flexibility index (Phi) is 5.92. The van der Waals surface area contributed by atoms with Crippen molar-refractivity contribution in [3.05, 3.63) is 0 Å². The molecular weight excluding hydrogens is 218 g/mol. The fraction of sp³-hybridized carbons (Fsp3) is 0.923. The number of hydrogen-bond acceptors (Lipinski definition) is 3. The van der Waals surface area contributed by atoms with Crippen molar-refractivity contribution in [3.8, 4) is 0 Å². The first-order valence-electron chi connectivity index (χ1n) is 6.67. The molecule has 1 atom stereocenters. The lowest BCUT2D eigenvalue weighted by Gasteiger charge is -2.38.